The first kappa shape index (κ1) is 11.5. The molecule has 1 aliphatic heterocycles. The number of fused-ring (bicyclic) bond motifs is 1. The highest BCUT2D eigenvalue weighted by molar-refractivity contribution is 5.75. The third-order valence-corrected chi connectivity index (χ3v) is 3.63. The summed E-state index contributed by atoms with van der Waals surface area (Å²) in [6.07, 6.45) is 3.23. The number of hydrogen-bond acceptors (Lipinski definition) is 3. The van der Waals surface area contributed by atoms with Crippen molar-refractivity contribution >= 4 is 16.9 Å². The molecule has 0 radical (unpaired) electrons. The van der Waals surface area contributed by atoms with E-state index in [1.54, 1.807) is 0 Å². The fourth-order valence-electron chi connectivity index (χ4n) is 2.95. The van der Waals surface area contributed by atoms with Gasteiger partial charge in [-0.15, -0.1) is 0 Å². The van der Waals surface area contributed by atoms with E-state index < -0.39 is 0 Å². The molecule has 3 nitrogen and oxygen atoms in total. The highest BCUT2D eigenvalue weighted by Crippen LogP contribution is 2.25. The first-order valence-electron chi connectivity index (χ1n) is 6.69. The fraction of sp³-hybridized carbons (Fsp3) is 0.467. The SMILES string of the molecule is C[C@@H]1C[C@H](C)CN(c2cnc3ccccc3n2)C1. The van der Waals surface area contributed by atoms with E-state index in [4.69, 9.17) is 4.98 Å². The minimum atomic E-state index is 0.738. The minimum Gasteiger partial charge on any atom is -0.355 e. The standard InChI is InChI=1S/C15H19N3/c1-11-7-12(2)10-18(9-11)15-8-16-13-5-3-4-6-14(13)17-15/h3-6,8,11-12H,7,9-10H2,1-2H3/t11-,12+. The van der Waals surface area contributed by atoms with Crippen molar-refractivity contribution in [1.29, 1.82) is 0 Å². The summed E-state index contributed by atoms with van der Waals surface area (Å²) < 4.78 is 0. The molecule has 0 amide bonds. The van der Waals surface area contributed by atoms with E-state index in [1.807, 2.05) is 30.5 Å². The highest BCUT2D eigenvalue weighted by atomic mass is 15.2. The molecular weight excluding hydrogens is 222 g/mol. The van der Waals surface area contributed by atoms with Crippen molar-refractivity contribution < 1.29 is 0 Å². The van der Waals surface area contributed by atoms with E-state index in [0.29, 0.717) is 0 Å². The number of piperidine rings is 1. The van der Waals surface area contributed by atoms with Gasteiger partial charge in [-0.1, -0.05) is 26.0 Å². The van der Waals surface area contributed by atoms with Crippen LogP contribution in [0.3, 0.4) is 0 Å². The molecule has 3 rings (SSSR count). The lowest BCUT2D eigenvalue weighted by Crippen LogP contribution is -2.39. The van der Waals surface area contributed by atoms with Gasteiger partial charge in [0.15, 0.2) is 0 Å². The van der Waals surface area contributed by atoms with Crippen molar-refractivity contribution in [1.82, 2.24) is 9.97 Å². The Balaban J connectivity index is 1.93. The Bertz CT molecular complexity index is 542. The van der Waals surface area contributed by atoms with Crippen LogP contribution in [-0.2, 0) is 0 Å². The van der Waals surface area contributed by atoms with Crippen molar-refractivity contribution in [2.24, 2.45) is 11.8 Å². The molecule has 0 bridgehead atoms. The van der Waals surface area contributed by atoms with E-state index in [9.17, 15) is 0 Å². The summed E-state index contributed by atoms with van der Waals surface area (Å²) in [5.74, 6) is 2.50. The maximum Gasteiger partial charge on any atom is 0.147 e. The van der Waals surface area contributed by atoms with Gasteiger partial charge in [0, 0.05) is 13.1 Å². The molecule has 1 aliphatic rings. The van der Waals surface area contributed by atoms with Gasteiger partial charge in [-0.2, -0.15) is 0 Å². The summed E-state index contributed by atoms with van der Waals surface area (Å²) in [7, 11) is 0. The number of nitrogens with zero attached hydrogens (tertiary/aromatic N) is 3. The Morgan fingerprint density at radius 2 is 1.72 bits per heavy atom. The lowest BCUT2D eigenvalue weighted by atomic mass is 9.92. The third kappa shape index (κ3) is 2.17. The quantitative estimate of drug-likeness (QED) is 0.768. The number of hydrogen-bond donors (Lipinski definition) is 0. The van der Waals surface area contributed by atoms with Gasteiger partial charge in [-0.05, 0) is 30.4 Å². The van der Waals surface area contributed by atoms with Crippen LogP contribution in [0.25, 0.3) is 11.0 Å². The second kappa shape index (κ2) is 4.56. The molecule has 2 atom stereocenters. The molecule has 0 saturated carbocycles. The predicted molar refractivity (Wildman–Crippen MR) is 74.7 cm³/mol. The van der Waals surface area contributed by atoms with Gasteiger partial charge in [-0.3, -0.25) is 4.98 Å². The van der Waals surface area contributed by atoms with Crippen LogP contribution in [0.1, 0.15) is 20.3 Å². The Kier molecular flexibility index (Phi) is 2.90. The molecule has 2 heterocycles. The molecule has 0 unspecified atom stereocenters. The van der Waals surface area contributed by atoms with Crippen LogP contribution in [0.4, 0.5) is 5.82 Å². The van der Waals surface area contributed by atoms with E-state index in [0.717, 1.165) is 41.8 Å². The van der Waals surface area contributed by atoms with E-state index in [-0.39, 0.29) is 0 Å². The average molecular weight is 241 g/mol. The molecule has 94 valence electrons. The van der Waals surface area contributed by atoms with Crippen molar-refractivity contribution in [3.05, 3.63) is 30.5 Å². The zero-order valence-electron chi connectivity index (χ0n) is 11.0. The topological polar surface area (TPSA) is 29.0 Å². The summed E-state index contributed by atoms with van der Waals surface area (Å²) in [5.41, 5.74) is 1.96. The van der Waals surface area contributed by atoms with Gasteiger partial charge in [0.1, 0.15) is 5.82 Å². The van der Waals surface area contributed by atoms with Crippen LogP contribution in [0.2, 0.25) is 0 Å². The maximum atomic E-state index is 4.73. The first-order chi connectivity index (χ1) is 8.72. The second-order valence-electron chi connectivity index (χ2n) is 5.57. The number of benzene rings is 1. The summed E-state index contributed by atoms with van der Waals surface area (Å²) in [6, 6.07) is 8.06. The predicted octanol–water partition coefficient (Wildman–Crippen LogP) is 3.11. The van der Waals surface area contributed by atoms with Crippen LogP contribution in [0.5, 0.6) is 0 Å². The van der Waals surface area contributed by atoms with Gasteiger partial charge in [0.05, 0.1) is 17.2 Å². The molecule has 2 aromatic rings. The number of rotatable bonds is 1. The van der Waals surface area contributed by atoms with E-state index in [1.165, 1.54) is 6.42 Å². The number of para-hydroxylation sites is 2. The first-order valence-corrected chi connectivity index (χ1v) is 6.69. The Morgan fingerprint density at radius 3 is 2.44 bits per heavy atom. The van der Waals surface area contributed by atoms with E-state index in [2.05, 4.69) is 23.7 Å². The van der Waals surface area contributed by atoms with Crippen LogP contribution < -0.4 is 4.90 Å². The normalized spacial score (nSPS) is 24.4. The summed E-state index contributed by atoms with van der Waals surface area (Å²) in [4.78, 5) is 11.6. The molecule has 0 N–H and O–H groups in total. The molecular formula is C15H19N3. The summed E-state index contributed by atoms with van der Waals surface area (Å²) in [5, 5.41) is 0. The molecule has 1 saturated heterocycles. The van der Waals surface area contributed by atoms with Gasteiger partial charge < -0.3 is 4.90 Å². The molecule has 3 heteroatoms. The Hall–Kier alpha value is -1.64. The van der Waals surface area contributed by atoms with Gasteiger partial charge in [0.2, 0.25) is 0 Å². The minimum absolute atomic E-state index is 0.738. The number of anilines is 1. The lowest BCUT2D eigenvalue weighted by Gasteiger charge is -2.35. The Morgan fingerprint density at radius 1 is 1.06 bits per heavy atom. The third-order valence-electron chi connectivity index (χ3n) is 3.63. The Labute approximate surface area is 108 Å². The summed E-state index contributed by atoms with van der Waals surface area (Å²) in [6.45, 7) is 6.82. The zero-order chi connectivity index (χ0) is 12.5. The van der Waals surface area contributed by atoms with Gasteiger partial charge >= 0.3 is 0 Å². The maximum absolute atomic E-state index is 4.73. The monoisotopic (exact) mass is 241 g/mol. The molecule has 1 aromatic heterocycles. The number of aromatic nitrogens is 2. The zero-order valence-corrected chi connectivity index (χ0v) is 11.0. The van der Waals surface area contributed by atoms with Crippen molar-refractivity contribution in [3.8, 4) is 0 Å². The highest BCUT2D eigenvalue weighted by Gasteiger charge is 2.22. The smallest absolute Gasteiger partial charge is 0.147 e. The van der Waals surface area contributed by atoms with Gasteiger partial charge in [0.25, 0.3) is 0 Å². The van der Waals surface area contributed by atoms with Crippen LogP contribution in [-0.4, -0.2) is 23.1 Å². The van der Waals surface area contributed by atoms with Crippen LogP contribution in [0, 0.1) is 11.8 Å². The van der Waals surface area contributed by atoms with Crippen molar-refractivity contribution in [2.45, 2.75) is 20.3 Å². The molecule has 0 aliphatic carbocycles. The van der Waals surface area contributed by atoms with Crippen LogP contribution >= 0.6 is 0 Å². The van der Waals surface area contributed by atoms with E-state index >= 15 is 0 Å². The van der Waals surface area contributed by atoms with Crippen molar-refractivity contribution in [3.63, 3.8) is 0 Å². The molecule has 0 spiro atoms. The lowest BCUT2D eigenvalue weighted by molar-refractivity contribution is 0.355. The average Bonchev–Trinajstić information content (AvgIpc) is 2.37. The molecule has 1 aromatic carbocycles. The van der Waals surface area contributed by atoms with Crippen molar-refractivity contribution in [2.75, 3.05) is 18.0 Å². The molecule has 1 fully saturated rings. The van der Waals surface area contributed by atoms with Gasteiger partial charge in [-0.25, -0.2) is 4.98 Å². The fourth-order valence-corrected chi connectivity index (χ4v) is 2.95. The largest absolute Gasteiger partial charge is 0.355 e. The second-order valence-corrected chi connectivity index (χ2v) is 5.57. The molecule has 18 heavy (non-hydrogen) atoms. The summed E-state index contributed by atoms with van der Waals surface area (Å²) >= 11 is 0. The van der Waals surface area contributed by atoms with Crippen LogP contribution in [0.15, 0.2) is 30.5 Å².